The van der Waals surface area contributed by atoms with Gasteiger partial charge in [-0.1, -0.05) is 0 Å². The van der Waals surface area contributed by atoms with Crippen LogP contribution in [0.2, 0.25) is 0 Å². The van der Waals surface area contributed by atoms with E-state index in [2.05, 4.69) is 15.6 Å². The van der Waals surface area contributed by atoms with Crippen molar-refractivity contribution in [2.75, 3.05) is 32.4 Å². The highest BCUT2D eigenvalue weighted by Gasteiger charge is 2.17. The van der Waals surface area contributed by atoms with Crippen LogP contribution in [0.5, 0.6) is 5.75 Å². The van der Waals surface area contributed by atoms with Crippen molar-refractivity contribution in [3.8, 4) is 5.75 Å². The number of hydrogen-bond acceptors (Lipinski definition) is 5. The lowest BCUT2D eigenvalue weighted by atomic mass is 10.1. The zero-order valence-corrected chi connectivity index (χ0v) is 18.9. The average molecular weight is 515 g/mol. The van der Waals surface area contributed by atoms with E-state index in [1.54, 1.807) is 7.05 Å². The lowest BCUT2D eigenvalue weighted by Gasteiger charge is -2.21. The van der Waals surface area contributed by atoms with Gasteiger partial charge in [0.05, 0.1) is 12.4 Å². The van der Waals surface area contributed by atoms with Gasteiger partial charge in [-0.05, 0) is 37.5 Å². The Morgan fingerprint density at radius 1 is 1.41 bits per heavy atom. The number of nitrogens with zero attached hydrogens (tertiary/aromatic N) is 1. The minimum absolute atomic E-state index is 0. The molecule has 0 spiro atoms. The van der Waals surface area contributed by atoms with Crippen LogP contribution >= 0.6 is 24.0 Å². The first-order valence-corrected chi connectivity index (χ1v) is 10.5. The Morgan fingerprint density at radius 3 is 2.81 bits per heavy atom. The largest absolute Gasteiger partial charge is 0.467 e. The third-order valence-electron chi connectivity index (χ3n) is 3.97. The second-order valence-corrected chi connectivity index (χ2v) is 8.64. The first-order chi connectivity index (χ1) is 12.3. The van der Waals surface area contributed by atoms with Gasteiger partial charge in [-0.3, -0.25) is 4.99 Å². The van der Waals surface area contributed by atoms with Crippen molar-refractivity contribution >= 4 is 39.8 Å². The number of aliphatic imine (C=N–C) groups is 1. The molecule has 10 heteroatoms. The second-order valence-electron chi connectivity index (χ2n) is 6.38. The summed E-state index contributed by atoms with van der Waals surface area (Å²) in [6.07, 6.45) is 2.27. The topological polar surface area (TPSA) is 89.0 Å². The minimum atomic E-state index is -2.99. The molecule has 0 saturated carbocycles. The van der Waals surface area contributed by atoms with Crippen LogP contribution in [-0.2, 0) is 27.6 Å². The molecule has 0 aromatic heterocycles. The van der Waals surface area contributed by atoms with Gasteiger partial charge in [0.2, 0.25) is 0 Å². The summed E-state index contributed by atoms with van der Waals surface area (Å²) in [6.45, 7) is 2.93. The summed E-state index contributed by atoms with van der Waals surface area (Å²) in [5.74, 6) is 1.06. The van der Waals surface area contributed by atoms with E-state index >= 15 is 0 Å². The van der Waals surface area contributed by atoms with Crippen LogP contribution < -0.4 is 15.4 Å². The smallest absolute Gasteiger partial charge is 0.191 e. The van der Waals surface area contributed by atoms with E-state index in [0.717, 1.165) is 5.56 Å². The van der Waals surface area contributed by atoms with Crippen molar-refractivity contribution in [2.45, 2.75) is 32.4 Å². The van der Waals surface area contributed by atoms with Crippen LogP contribution in [0.3, 0.4) is 0 Å². The van der Waals surface area contributed by atoms with E-state index < -0.39 is 9.84 Å². The maximum absolute atomic E-state index is 13.7. The van der Waals surface area contributed by atoms with Crippen LogP contribution in [0, 0.1) is 5.82 Å². The van der Waals surface area contributed by atoms with Gasteiger partial charge in [0.1, 0.15) is 21.4 Å². The predicted molar refractivity (Wildman–Crippen MR) is 114 cm³/mol. The van der Waals surface area contributed by atoms with Crippen molar-refractivity contribution in [2.24, 2.45) is 4.99 Å². The molecule has 1 aromatic rings. The van der Waals surface area contributed by atoms with Crippen LogP contribution in [0.15, 0.2) is 17.1 Å². The van der Waals surface area contributed by atoms with E-state index in [4.69, 9.17) is 9.47 Å². The molecular weight excluding hydrogens is 488 g/mol. The van der Waals surface area contributed by atoms with Gasteiger partial charge in [-0.2, -0.15) is 0 Å². The van der Waals surface area contributed by atoms with E-state index in [1.165, 1.54) is 18.4 Å². The van der Waals surface area contributed by atoms with Crippen LogP contribution in [0.1, 0.15) is 24.5 Å². The third kappa shape index (κ3) is 8.18. The average Bonchev–Trinajstić information content (AvgIpc) is 2.58. The molecule has 7 nitrogen and oxygen atoms in total. The van der Waals surface area contributed by atoms with Gasteiger partial charge < -0.3 is 20.1 Å². The molecule has 2 rings (SSSR count). The van der Waals surface area contributed by atoms with Gasteiger partial charge >= 0.3 is 0 Å². The molecule has 1 aliphatic heterocycles. The van der Waals surface area contributed by atoms with Gasteiger partial charge in [0.15, 0.2) is 12.8 Å². The molecule has 1 unspecified atom stereocenters. The Bertz CT molecular complexity index is 759. The molecule has 2 N–H and O–H groups in total. The molecular formula is C17H27FIN3O4S. The third-order valence-corrected chi connectivity index (χ3v) is 4.94. The molecule has 1 atom stereocenters. The Balaban J connectivity index is 0.00000364. The number of fused-ring (bicyclic) bond motifs is 1. The maximum Gasteiger partial charge on any atom is 0.191 e. The van der Waals surface area contributed by atoms with E-state index in [0.29, 0.717) is 43.3 Å². The summed E-state index contributed by atoms with van der Waals surface area (Å²) in [5.41, 5.74) is 1.49. The number of ether oxygens (including phenoxy) is 2. The second kappa shape index (κ2) is 11.0. The molecule has 0 amide bonds. The van der Waals surface area contributed by atoms with E-state index in [1.807, 2.05) is 6.92 Å². The van der Waals surface area contributed by atoms with Gasteiger partial charge in [0, 0.05) is 31.5 Å². The molecule has 0 saturated heterocycles. The van der Waals surface area contributed by atoms with Crippen LogP contribution in [0.25, 0.3) is 0 Å². The van der Waals surface area contributed by atoms with Gasteiger partial charge in [-0.25, -0.2) is 12.8 Å². The Morgan fingerprint density at radius 2 is 2.15 bits per heavy atom. The Hall–Kier alpha value is -1.14. The standard InChI is InChI=1S/C17H26FN3O4S.HI/c1-12(5-7-26(3,22)23)21-17(19-2)20-6-4-13-8-15(18)9-14-10-24-11-25-16(13)14;/h8-9,12H,4-7,10-11H2,1-3H3,(H2,19,20,21);1H. The van der Waals surface area contributed by atoms with Crippen molar-refractivity contribution in [1.29, 1.82) is 0 Å². The number of hydrogen-bond donors (Lipinski definition) is 2. The quantitative estimate of drug-likeness (QED) is 0.328. The number of sulfone groups is 1. The summed E-state index contributed by atoms with van der Waals surface area (Å²) in [5, 5.41) is 6.30. The number of benzene rings is 1. The molecule has 0 fully saturated rings. The van der Waals surface area contributed by atoms with E-state index in [9.17, 15) is 12.8 Å². The fourth-order valence-electron chi connectivity index (χ4n) is 2.65. The van der Waals surface area contributed by atoms with Crippen LogP contribution in [-0.4, -0.2) is 52.8 Å². The number of rotatable bonds is 7. The zero-order valence-electron chi connectivity index (χ0n) is 15.7. The highest BCUT2D eigenvalue weighted by atomic mass is 127. The van der Waals surface area contributed by atoms with Gasteiger partial charge in [-0.15, -0.1) is 24.0 Å². The fourth-order valence-corrected chi connectivity index (χ4v) is 3.43. The molecule has 0 radical (unpaired) electrons. The maximum atomic E-state index is 13.7. The Labute approximate surface area is 177 Å². The summed E-state index contributed by atoms with van der Waals surface area (Å²) in [7, 11) is -1.35. The zero-order chi connectivity index (χ0) is 19.2. The molecule has 1 heterocycles. The highest BCUT2D eigenvalue weighted by molar-refractivity contribution is 14.0. The summed E-state index contributed by atoms with van der Waals surface area (Å²) >= 11 is 0. The van der Waals surface area contributed by atoms with Crippen molar-refractivity contribution in [3.05, 3.63) is 29.1 Å². The summed E-state index contributed by atoms with van der Waals surface area (Å²) < 4.78 is 46.9. The minimum Gasteiger partial charge on any atom is -0.467 e. The van der Waals surface area contributed by atoms with Gasteiger partial charge in [0.25, 0.3) is 0 Å². The number of guanidine groups is 1. The monoisotopic (exact) mass is 515 g/mol. The summed E-state index contributed by atoms with van der Waals surface area (Å²) in [6, 6.07) is 2.85. The van der Waals surface area contributed by atoms with Crippen molar-refractivity contribution in [3.63, 3.8) is 0 Å². The number of nitrogens with one attached hydrogen (secondary N) is 2. The molecule has 1 aliphatic rings. The normalized spacial score (nSPS) is 15.2. The molecule has 154 valence electrons. The van der Waals surface area contributed by atoms with Crippen molar-refractivity contribution < 1.29 is 22.3 Å². The highest BCUT2D eigenvalue weighted by Crippen LogP contribution is 2.29. The number of halogens is 2. The molecule has 0 aliphatic carbocycles. The SMILES string of the molecule is CN=C(NCCc1cc(F)cc2c1OCOC2)NC(C)CCS(C)(=O)=O.I. The van der Waals surface area contributed by atoms with Crippen molar-refractivity contribution in [1.82, 2.24) is 10.6 Å². The van der Waals surface area contributed by atoms with Crippen LogP contribution in [0.4, 0.5) is 4.39 Å². The first kappa shape index (κ1) is 23.9. The first-order valence-electron chi connectivity index (χ1n) is 8.45. The predicted octanol–water partition coefficient (Wildman–Crippen LogP) is 1.84. The Kier molecular flexibility index (Phi) is 9.74. The lowest BCUT2D eigenvalue weighted by molar-refractivity contribution is -0.0172. The molecule has 27 heavy (non-hydrogen) atoms. The molecule has 0 bridgehead atoms. The molecule has 1 aromatic carbocycles. The van der Waals surface area contributed by atoms with E-state index in [-0.39, 0.29) is 48.4 Å². The summed E-state index contributed by atoms with van der Waals surface area (Å²) in [4.78, 5) is 4.13. The fraction of sp³-hybridized carbons (Fsp3) is 0.588. The lowest BCUT2D eigenvalue weighted by Crippen LogP contribution is -2.43.